The van der Waals surface area contributed by atoms with E-state index in [1.807, 2.05) is 6.92 Å². The van der Waals surface area contributed by atoms with Gasteiger partial charge in [0, 0.05) is 31.6 Å². The number of pyridine rings is 1. The highest BCUT2D eigenvalue weighted by Gasteiger charge is 2.17. The molecule has 0 unspecified atom stereocenters. The Labute approximate surface area is 124 Å². The molecule has 0 aromatic carbocycles. The largest absolute Gasteiger partial charge is 0.383 e. The number of nitrogens with one attached hydrogen (secondary N) is 3. The third kappa shape index (κ3) is 6.33. The van der Waals surface area contributed by atoms with Crippen LogP contribution in [0.1, 0.15) is 30.1 Å². The van der Waals surface area contributed by atoms with Crippen LogP contribution >= 0.6 is 0 Å². The fourth-order valence-electron chi connectivity index (χ4n) is 1.69. The van der Waals surface area contributed by atoms with Crippen molar-refractivity contribution in [2.45, 2.75) is 25.8 Å². The van der Waals surface area contributed by atoms with Crippen molar-refractivity contribution in [1.29, 1.82) is 0 Å². The molecule has 0 fully saturated rings. The van der Waals surface area contributed by atoms with Gasteiger partial charge in [0.1, 0.15) is 6.04 Å². The highest BCUT2D eigenvalue weighted by Crippen LogP contribution is 1.98. The van der Waals surface area contributed by atoms with E-state index in [1.165, 1.54) is 12.4 Å². The number of ether oxygens (including phenoxy) is 1. The molecular weight excluding hydrogens is 272 g/mol. The molecular formula is C14H22N4O3. The molecule has 0 aliphatic rings. The Hall–Kier alpha value is -1.99. The number of hydrogen-bond acceptors (Lipinski definition) is 5. The maximum atomic E-state index is 12.0. The lowest BCUT2D eigenvalue weighted by Crippen LogP contribution is -2.52. The first kappa shape index (κ1) is 17.1. The Balaban J connectivity index is 2.46. The van der Waals surface area contributed by atoms with Gasteiger partial charge >= 0.3 is 0 Å². The zero-order valence-corrected chi connectivity index (χ0v) is 12.4. The molecule has 116 valence electrons. The Bertz CT molecular complexity index is 439. The zero-order chi connectivity index (χ0) is 15.5. The SMILES string of the molecule is CCC[C@H](NNC(=O)c1ccncc1)C(=O)NCCOC. The van der Waals surface area contributed by atoms with Crippen LogP contribution in [0.2, 0.25) is 0 Å². The summed E-state index contributed by atoms with van der Waals surface area (Å²) < 4.78 is 4.88. The van der Waals surface area contributed by atoms with Crippen molar-refractivity contribution in [3.63, 3.8) is 0 Å². The molecule has 0 saturated carbocycles. The van der Waals surface area contributed by atoms with Crippen LogP contribution in [0.15, 0.2) is 24.5 Å². The molecule has 1 rings (SSSR count). The van der Waals surface area contributed by atoms with E-state index in [4.69, 9.17) is 4.74 Å². The van der Waals surface area contributed by atoms with Gasteiger partial charge in [0.25, 0.3) is 5.91 Å². The second-order valence-electron chi connectivity index (χ2n) is 4.46. The molecule has 3 N–H and O–H groups in total. The minimum Gasteiger partial charge on any atom is -0.383 e. The summed E-state index contributed by atoms with van der Waals surface area (Å²) in [6.07, 6.45) is 4.52. The molecule has 1 atom stereocenters. The number of methoxy groups -OCH3 is 1. The standard InChI is InChI=1S/C14H22N4O3/c1-3-4-12(14(20)16-9-10-21-2)17-18-13(19)11-5-7-15-8-6-11/h5-8,12,17H,3-4,9-10H2,1-2H3,(H,16,20)(H,18,19)/t12-/m0/s1. The normalized spacial score (nSPS) is 11.7. The molecule has 7 heteroatoms. The van der Waals surface area contributed by atoms with Crippen molar-refractivity contribution < 1.29 is 14.3 Å². The van der Waals surface area contributed by atoms with E-state index in [-0.39, 0.29) is 11.8 Å². The second kappa shape index (κ2) is 9.84. The number of nitrogens with zero attached hydrogens (tertiary/aromatic N) is 1. The van der Waals surface area contributed by atoms with E-state index < -0.39 is 6.04 Å². The lowest BCUT2D eigenvalue weighted by Gasteiger charge is -2.18. The van der Waals surface area contributed by atoms with Gasteiger partial charge in [-0.15, -0.1) is 0 Å². The van der Waals surface area contributed by atoms with Crippen LogP contribution in [0, 0.1) is 0 Å². The molecule has 0 spiro atoms. The third-order valence-corrected chi connectivity index (χ3v) is 2.80. The monoisotopic (exact) mass is 294 g/mol. The fraction of sp³-hybridized carbons (Fsp3) is 0.500. The lowest BCUT2D eigenvalue weighted by molar-refractivity contribution is -0.123. The average molecular weight is 294 g/mol. The molecule has 0 radical (unpaired) electrons. The van der Waals surface area contributed by atoms with Gasteiger partial charge in [-0.25, -0.2) is 5.43 Å². The Morgan fingerprint density at radius 3 is 2.67 bits per heavy atom. The van der Waals surface area contributed by atoms with Crippen molar-refractivity contribution in [3.05, 3.63) is 30.1 Å². The van der Waals surface area contributed by atoms with E-state index in [0.29, 0.717) is 25.1 Å². The van der Waals surface area contributed by atoms with Crippen molar-refractivity contribution >= 4 is 11.8 Å². The van der Waals surface area contributed by atoms with Crippen LogP contribution < -0.4 is 16.2 Å². The van der Waals surface area contributed by atoms with Crippen LogP contribution in [0.3, 0.4) is 0 Å². The minimum atomic E-state index is -0.474. The summed E-state index contributed by atoms with van der Waals surface area (Å²) in [7, 11) is 1.57. The molecule has 0 aliphatic carbocycles. The van der Waals surface area contributed by atoms with Gasteiger partial charge in [-0.1, -0.05) is 13.3 Å². The van der Waals surface area contributed by atoms with E-state index in [0.717, 1.165) is 6.42 Å². The number of carbonyl (C=O) groups is 2. The number of carbonyl (C=O) groups excluding carboxylic acids is 2. The predicted octanol–water partition coefficient (Wildman–Crippen LogP) is 0.247. The number of hydrazine groups is 1. The van der Waals surface area contributed by atoms with E-state index >= 15 is 0 Å². The highest BCUT2D eigenvalue weighted by molar-refractivity contribution is 5.94. The summed E-state index contributed by atoms with van der Waals surface area (Å²) in [4.78, 5) is 27.7. The van der Waals surface area contributed by atoms with Crippen molar-refractivity contribution in [3.8, 4) is 0 Å². The quantitative estimate of drug-likeness (QED) is 0.448. The molecule has 1 aromatic heterocycles. The van der Waals surface area contributed by atoms with Crippen molar-refractivity contribution in [2.24, 2.45) is 0 Å². The van der Waals surface area contributed by atoms with E-state index in [9.17, 15) is 9.59 Å². The predicted molar refractivity (Wildman–Crippen MR) is 78.4 cm³/mol. The molecule has 1 aromatic rings. The third-order valence-electron chi connectivity index (χ3n) is 2.80. The number of rotatable bonds is 9. The number of aromatic nitrogens is 1. The highest BCUT2D eigenvalue weighted by atomic mass is 16.5. The first-order valence-electron chi connectivity index (χ1n) is 6.91. The molecule has 21 heavy (non-hydrogen) atoms. The van der Waals surface area contributed by atoms with Crippen LogP contribution in [-0.4, -0.2) is 43.1 Å². The first-order valence-corrected chi connectivity index (χ1v) is 6.91. The van der Waals surface area contributed by atoms with Gasteiger partial charge in [0.2, 0.25) is 5.91 Å². The van der Waals surface area contributed by atoms with Gasteiger partial charge in [-0.05, 0) is 18.6 Å². The smallest absolute Gasteiger partial charge is 0.265 e. The van der Waals surface area contributed by atoms with Gasteiger partial charge in [0.15, 0.2) is 0 Å². The molecule has 0 bridgehead atoms. The Morgan fingerprint density at radius 2 is 2.05 bits per heavy atom. The summed E-state index contributed by atoms with van der Waals surface area (Å²) in [5.74, 6) is -0.466. The topological polar surface area (TPSA) is 92.4 Å². The summed E-state index contributed by atoms with van der Waals surface area (Å²) in [6, 6.07) is 2.73. The summed E-state index contributed by atoms with van der Waals surface area (Å²) >= 11 is 0. The minimum absolute atomic E-state index is 0.163. The molecule has 7 nitrogen and oxygen atoms in total. The average Bonchev–Trinajstić information content (AvgIpc) is 2.52. The summed E-state index contributed by atoms with van der Waals surface area (Å²) in [6.45, 7) is 2.87. The molecule has 2 amide bonds. The van der Waals surface area contributed by atoms with Crippen molar-refractivity contribution in [1.82, 2.24) is 21.2 Å². The van der Waals surface area contributed by atoms with Gasteiger partial charge in [0.05, 0.1) is 6.61 Å². The van der Waals surface area contributed by atoms with Crippen LogP contribution in [0.4, 0.5) is 0 Å². The Kier molecular flexibility index (Phi) is 8.00. The number of amides is 2. The second-order valence-corrected chi connectivity index (χ2v) is 4.46. The van der Waals surface area contributed by atoms with E-state index in [1.54, 1.807) is 19.2 Å². The maximum Gasteiger partial charge on any atom is 0.265 e. The maximum absolute atomic E-state index is 12.0. The van der Waals surface area contributed by atoms with Gasteiger partial charge in [-0.2, -0.15) is 0 Å². The van der Waals surface area contributed by atoms with Crippen LogP contribution in [0.5, 0.6) is 0 Å². The van der Waals surface area contributed by atoms with E-state index in [2.05, 4.69) is 21.2 Å². The Morgan fingerprint density at radius 1 is 1.33 bits per heavy atom. The summed E-state index contributed by atoms with van der Waals surface area (Å²) in [5, 5.41) is 2.74. The lowest BCUT2D eigenvalue weighted by atomic mass is 10.1. The summed E-state index contributed by atoms with van der Waals surface area (Å²) in [5.41, 5.74) is 5.80. The van der Waals surface area contributed by atoms with Crippen LogP contribution in [-0.2, 0) is 9.53 Å². The first-order chi connectivity index (χ1) is 10.2. The molecule has 0 aliphatic heterocycles. The molecule has 0 saturated heterocycles. The van der Waals surface area contributed by atoms with Gasteiger partial charge in [-0.3, -0.25) is 20.0 Å². The molecule has 1 heterocycles. The van der Waals surface area contributed by atoms with Crippen LogP contribution in [0.25, 0.3) is 0 Å². The van der Waals surface area contributed by atoms with Crippen molar-refractivity contribution in [2.75, 3.05) is 20.3 Å². The number of hydrogen-bond donors (Lipinski definition) is 3. The zero-order valence-electron chi connectivity index (χ0n) is 12.4. The fourth-order valence-corrected chi connectivity index (χ4v) is 1.69. The van der Waals surface area contributed by atoms with Gasteiger partial charge < -0.3 is 10.1 Å².